The summed E-state index contributed by atoms with van der Waals surface area (Å²) in [6.45, 7) is 1.88. The fraction of sp³-hybridized carbons (Fsp3) is 0.133. The molecular weight excluding hydrogens is 278 g/mol. The van der Waals surface area contributed by atoms with E-state index in [1.54, 1.807) is 36.4 Å². The molecule has 0 saturated heterocycles. The number of hydrogen-bond donors (Lipinski definition) is 0. The molecule has 0 aliphatic carbocycles. The molecule has 5 heteroatoms. The zero-order chi connectivity index (χ0) is 14.7. The van der Waals surface area contributed by atoms with Gasteiger partial charge in [0.05, 0.1) is 9.95 Å². The number of ketones is 1. The van der Waals surface area contributed by atoms with Crippen LogP contribution in [0.25, 0.3) is 0 Å². The molecular formula is C15H12ClNO3. The van der Waals surface area contributed by atoms with Gasteiger partial charge in [0, 0.05) is 23.6 Å². The molecule has 0 unspecified atom stereocenters. The molecule has 4 nitrogen and oxygen atoms in total. The zero-order valence-electron chi connectivity index (χ0n) is 10.8. The van der Waals surface area contributed by atoms with Crippen molar-refractivity contribution in [3.63, 3.8) is 0 Å². The van der Waals surface area contributed by atoms with Crippen LogP contribution < -0.4 is 0 Å². The van der Waals surface area contributed by atoms with E-state index in [4.69, 9.17) is 11.6 Å². The third kappa shape index (κ3) is 3.03. The Balaban J connectivity index is 2.30. The standard InChI is InChI=1S/C15H12ClNO3/c1-10-6-7-12(13(16)8-10)15(18)9-11-4-2-3-5-14(11)17(19)20/h2-8H,9H2,1H3. The Kier molecular flexibility index (Phi) is 4.15. The first kappa shape index (κ1) is 14.2. The molecule has 0 aliphatic rings. The van der Waals surface area contributed by atoms with Crippen LogP contribution in [0.2, 0.25) is 5.02 Å². The van der Waals surface area contributed by atoms with Crippen LogP contribution >= 0.6 is 11.6 Å². The number of carbonyl (C=O) groups excluding carboxylic acids is 1. The topological polar surface area (TPSA) is 60.2 Å². The van der Waals surface area contributed by atoms with E-state index in [9.17, 15) is 14.9 Å². The van der Waals surface area contributed by atoms with Gasteiger partial charge in [-0.25, -0.2) is 0 Å². The summed E-state index contributed by atoms with van der Waals surface area (Å²) >= 11 is 6.04. The predicted octanol–water partition coefficient (Wildman–Crippen LogP) is 3.98. The van der Waals surface area contributed by atoms with Gasteiger partial charge in [0.1, 0.15) is 0 Å². The lowest BCUT2D eigenvalue weighted by Crippen LogP contribution is -2.06. The Morgan fingerprint density at radius 1 is 1.25 bits per heavy atom. The molecule has 0 N–H and O–H groups in total. The number of Topliss-reactive ketones (excluding diaryl/α,β-unsaturated/α-hetero) is 1. The number of hydrogen-bond acceptors (Lipinski definition) is 3. The maximum atomic E-state index is 12.2. The zero-order valence-corrected chi connectivity index (χ0v) is 11.6. The van der Waals surface area contributed by atoms with Crippen LogP contribution in [-0.2, 0) is 6.42 Å². The maximum absolute atomic E-state index is 12.2. The number of benzene rings is 2. The van der Waals surface area contributed by atoms with Crippen LogP contribution in [0.5, 0.6) is 0 Å². The minimum Gasteiger partial charge on any atom is -0.294 e. The molecule has 0 spiro atoms. The molecule has 0 saturated carbocycles. The molecule has 2 rings (SSSR count). The molecule has 20 heavy (non-hydrogen) atoms. The van der Waals surface area contributed by atoms with E-state index in [1.807, 2.05) is 6.92 Å². The van der Waals surface area contributed by atoms with Crippen molar-refractivity contribution in [3.8, 4) is 0 Å². The Morgan fingerprint density at radius 3 is 2.60 bits per heavy atom. The van der Waals surface area contributed by atoms with Crippen LogP contribution in [0.15, 0.2) is 42.5 Å². The van der Waals surface area contributed by atoms with Gasteiger partial charge >= 0.3 is 0 Å². The highest BCUT2D eigenvalue weighted by Gasteiger charge is 2.18. The van der Waals surface area contributed by atoms with Crippen molar-refractivity contribution in [2.45, 2.75) is 13.3 Å². The number of nitro benzene ring substituents is 1. The average Bonchev–Trinajstić information content (AvgIpc) is 2.38. The van der Waals surface area contributed by atoms with Crippen molar-refractivity contribution in [3.05, 3.63) is 74.3 Å². The number of halogens is 1. The Bertz CT molecular complexity index is 683. The van der Waals surface area contributed by atoms with Crippen molar-refractivity contribution < 1.29 is 9.72 Å². The van der Waals surface area contributed by atoms with Gasteiger partial charge in [0.25, 0.3) is 5.69 Å². The van der Waals surface area contributed by atoms with Crippen LogP contribution in [0.3, 0.4) is 0 Å². The van der Waals surface area contributed by atoms with Gasteiger partial charge in [-0.1, -0.05) is 35.9 Å². The lowest BCUT2D eigenvalue weighted by Gasteiger charge is -2.05. The molecule has 0 atom stereocenters. The minimum atomic E-state index is -0.487. The quantitative estimate of drug-likeness (QED) is 0.486. The van der Waals surface area contributed by atoms with Gasteiger partial charge in [-0.05, 0) is 24.6 Å². The number of nitro groups is 1. The average molecular weight is 290 g/mol. The molecule has 0 amide bonds. The Hall–Kier alpha value is -2.20. The van der Waals surface area contributed by atoms with Gasteiger partial charge in [0.2, 0.25) is 0 Å². The van der Waals surface area contributed by atoms with Crippen LogP contribution in [0, 0.1) is 17.0 Å². The molecule has 0 aromatic heterocycles. The highest BCUT2D eigenvalue weighted by molar-refractivity contribution is 6.34. The van der Waals surface area contributed by atoms with E-state index in [1.165, 1.54) is 6.07 Å². The van der Waals surface area contributed by atoms with Crippen molar-refractivity contribution in [1.29, 1.82) is 0 Å². The van der Waals surface area contributed by atoms with Crippen LogP contribution in [0.1, 0.15) is 21.5 Å². The maximum Gasteiger partial charge on any atom is 0.273 e. The molecule has 0 bridgehead atoms. The van der Waals surface area contributed by atoms with Crippen molar-refractivity contribution in [1.82, 2.24) is 0 Å². The monoisotopic (exact) mass is 289 g/mol. The van der Waals surface area contributed by atoms with Gasteiger partial charge in [-0.3, -0.25) is 14.9 Å². The number of aryl methyl sites for hydroxylation is 1. The summed E-state index contributed by atoms with van der Waals surface area (Å²) in [5.41, 5.74) is 1.68. The van der Waals surface area contributed by atoms with E-state index in [0.717, 1.165) is 5.56 Å². The minimum absolute atomic E-state index is 0.0417. The Morgan fingerprint density at radius 2 is 1.95 bits per heavy atom. The van der Waals surface area contributed by atoms with Gasteiger partial charge in [-0.2, -0.15) is 0 Å². The summed E-state index contributed by atoms with van der Waals surface area (Å²) in [5.74, 6) is -0.232. The predicted molar refractivity (Wildman–Crippen MR) is 77.3 cm³/mol. The van der Waals surface area contributed by atoms with Crippen LogP contribution in [-0.4, -0.2) is 10.7 Å². The third-order valence-corrected chi connectivity index (χ3v) is 3.28. The highest BCUT2D eigenvalue weighted by Crippen LogP contribution is 2.23. The first-order valence-corrected chi connectivity index (χ1v) is 6.38. The second-order valence-electron chi connectivity index (χ2n) is 4.47. The highest BCUT2D eigenvalue weighted by atomic mass is 35.5. The largest absolute Gasteiger partial charge is 0.294 e. The lowest BCUT2D eigenvalue weighted by molar-refractivity contribution is -0.385. The fourth-order valence-corrected chi connectivity index (χ4v) is 2.29. The van der Waals surface area contributed by atoms with Crippen molar-refractivity contribution >= 4 is 23.1 Å². The van der Waals surface area contributed by atoms with Gasteiger partial charge in [0.15, 0.2) is 5.78 Å². The summed E-state index contributed by atoms with van der Waals surface area (Å²) in [6, 6.07) is 11.4. The van der Waals surface area contributed by atoms with E-state index < -0.39 is 4.92 Å². The normalized spacial score (nSPS) is 10.3. The number of para-hydroxylation sites is 1. The third-order valence-electron chi connectivity index (χ3n) is 2.96. The summed E-state index contributed by atoms with van der Waals surface area (Å²) < 4.78 is 0. The van der Waals surface area contributed by atoms with Crippen molar-refractivity contribution in [2.24, 2.45) is 0 Å². The second kappa shape index (κ2) is 5.84. The summed E-state index contributed by atoms with van der Waals surface area (Å²) in [6.07, 6.45) is -0.0417. The number of nitrogens with zero attached hydrogens (tertiary/aromatic N) is 1. The van der Waals surface area contributed by atoms with E-state index >= 15 is 0 Å². The van der Waals surface area contributed by atoms with Gasteiger partial charge < -0.3 is 0 Å². The fourth-order valence-electron chi connectivity index (χ4n) is 1.95. The first-order valence-electron chi connectivity index (χ1n) is 6.00. The van der Waals surface area contributed by atoms with E-state index in [2.05, 4.69) is 0 Å². The van der Waals surface area contributed by atoms with Crippen molar-refractivity contribution in [2.75, 3.05) is 0 Å². The molecule has 102 valence electrons. The lowest BCUT2D eigenvalue weighted by atomic mass is 10.0. The number of carbonyl (C=O) groups is 1. The summed E-state index contributed by atoms with van der Waals surface area (Å²) in [7, 11) is 0. The van der Waals surface area contributed by atoms with E-state index in [0.29, 0.717) is 16.1 Å². The molecule has 0 fully saturated rings. The SMILES string of the molecule is Cc1ccc(C(=O)Cc2ccccc2[N+](=O)[O-])c(Cl)c1. The number of rotatable bonds is 4. The molecule has 0 radical (unpaired) electrons. The Labute approximate surface area is 121 Å². The molecule has 0 heterocycles. The van der Waals surface area contributed by atoms with Crippen LogP contribution in [0.4, 0.5) is 5.69 Å². The smallest absolute Gasteiger partial charge is 0.273 e. The van der Waals surface area contributed by atoms with Gasteiger partial charge in [-0.15, -0.1) is 0 Å². The summed E-state index contributed by atoms with van der Waals surface area (Å²) in [5, 5.41) is 11.3. The second-order valence-corrected chi connectivity index (χ2v) is 4.88. The molecule has 2 aromatic rings. The van der Waals surface area contributed by atoms with E-state index in [-0.39, 0.29) is 17.9 Å². The molecule has 0 aliphatic heterocycles. The molecule has 2 aromatic carbocycles. The first-order chi connectivity index (χ1) is 9.49. The summed E-state index contributed by atoms with van der Waals surface area (Å²) in [4.78, 5) is 22.6.